The highest BCUT2D eigenvalue weighted by molar-refractivity contribution is 7.10. The summed E-state index contributed by atoms with van der Waals surface area (Å²) < 4.78 is 4.79. The topological polar surface area (TPSA) is 29.5 Å². The number of halogens is 1. The molecule has 1 aromatic rings. The number of carbonyl (C=O) groups is 1. The number of ether oxygens (including phenoxy) is 1. The number of methoxy groups -OCH3 is 1. The summed E-state index contributed by atoms with van der Waals surface area (Å²) in [6.07, 6.45) is 0. The number of carbonyl (C=O) groups excluding carboxylic acids is 1. The third kappa shape index (κ3) is 2.51. The molecule has 0 saturated carbocycles. The number of alkyl halides is 1. The maximum atomic E-state index is 11.8. The largest absolute Gasteiger partial charge is 0.357 e. The van der Waals surface area contributed by atoms with Crippen molar-refractivity contribution in [3.05, 3.63) is 15.8 Å². The zero-order chi connectivity index (χ0) is 11.6. The van der Waals surface area contributed by atoms with Gasteiger partial charge < -0.3 is 9.64 Å². The number of aryl methyl sites for hydroxylation is 2. The van der Waals surface area contributed by atoms with Crippen LogP contribution in [0.5, 0.6) is 0 Å². The SMILES string of the molecule is COC(Cl)C(=O)N(C)c1c(C)csc1C. The Morgan fingerprint density at radius 3 is 2.60 bits per heavy atom. The Hall–Kier alpha value is -0.580. The van der Waals surface area contributed by atoms with E-state index in [9.17, 15) is 4.79 Å². The van der Waals surface area contributed by atoms with Crippen molar-refractivity contribution in [3.63, 3.8) is 0 Å². The third-order valence-corrected chi connectivity index (χ3v) is 3.57. The lowest BCUT2D eigenvalue weighted by Gasteiger charge is -2.20. The van der Waals surface area contributed by atoms with Crippen molar-refractivity contribution in [2.24, 2.45) is 0 Å². The molecule has 0 bridgehead atoms. The molecular formula is C10H14ClNO2S. The minimum atomic E-state index is -0.923. The van der Waals surface area contributed by atoms with E-state index in [4.69, 9.17) is 16.3 Å². The van der Waals surface area contributed by atoms with E-state index in [-0.39, 0.29) is 5.91 Å². The van der Waals surface area contributed by atoms with Gasteiger partial charge in [0.05, 0.1) is 5.69 Å². The summed E-state index contributed by atoms with van der Waals surface area (Å²) in [5.41, 5.74) is 1.08. The summed E-state index contributed by atoms with van der Waals surface area (Å²) in [5.74, 6) is -0.247. The zero-order valence-electron chi connectivity index (χ0n) is 9.20. The molecule has 0 aliphatic heterocycles. The van der Waals surface area contributed by atoms with Crippen LogP contribution < -0.4 is 4.90 Å². The molecule has 84 valence electrons. The van der Waals surface area contributed by atoms with Crippen molar-refractivity contribution in [2.75, 3.05) is 19.1 Å². The molecule has 5 heteroatoms. The fraction of sp³-hybridized carbons (Fsp3) is 0.500. The summed E-state index contributed by atoms with van der Waals surface area (Å²) in [4.78, 5) is 14.4. The molecule has 1 rings (SSSR count). The van der Waals surface area contributed by atoms with E-state index in [2.05, 4.69) is 0 Å². The minimum Gasteiger partial charge on any atom is -0.357 e. The van der Waals surface area contributed by atoms with E-state index in [1.54, 1.807) is 23.3 Å². The van der Waals surface area contributed by atoms with Crippen molar-refractivity contribution in [1.29, 1.82) is 0 Å². The lowest BCUT2D eigenvalue weighted by Crippen LogP contribution is -2.34. The van der Waals surface area contributed by atoms with Crippen LogP contribution in [0.15, 0.2) is 5.38 Å². The molecule has 0 aliphatic carbocycles. The van der Waals surface area contributed by atoms with Gasteiger partial charge in [-0.1, -0.05) is 11.6 Å². The van der Waals surface area contributed by atoms with Crippen LogP contribution in [0.2, 0.25) is 0 Å². The van der Waals surface area contributed by atoms with Gasteiger partial charge in [-0.3, -0.25) is 4.79 Å². The number of hydrogen-bond donors (Lipinski definition) is 0. The molecule has 0 N–H and O–H groups in total. The molecule has 1 amide bonds. The smallest absolute Gasteiger partial charge is 0.271 e. The van der Waals surface area contributed by atoms with E-state index < -0.39 is 5.56 Å². The van der Waals surface area contributed by atoms with Crippen LogP contribution in [0, 0.1) is 13.8 Å². The number of thiophene rings is 1. The first-order chi connectivity index (χ1) is 6.99. The number of likely N-dealkylation sites (N-methyl/N-ethyl adjacent to an activating group) is 1. The van der Waals surface area contributed by atoms with E-state index >= 15 is 0 Å². The molecule has 0 aromatic carbocycles. The van der Waals surface area contributed by atoms with Gasteiger partial charge in [0.15, 0.2) is 0 Å². The predicted octanol–water partition coefficient (Wildman–Crippen LogP) is 2.54. The standard InChI is InChI=1S/C10H14ClNO2S/c1-6-5-15-7(2)8(6)12(3)10(13)9(11)14-4/h5,9H,1-4H3. The van der Waals surface area contributed by atoms with E-state index in [1.165, 1.54) is 7.11 Å². The molecule has 1 unspecified atom stereocenters. The van der Waals surface area contributed by atoms with Gasteiger partial charge in [-0.05, 0) is 24.8 Å². The first-order valence-electron chi connectivity index (χ1n) is 4.48. The molecule has 0 radical (unpaired) electrons. The Kier molecular flexibility index (Phi) is 4.13. The highest BCUT2D eigenvalue weighted by Gasteiger charge is 2.22. The number of anilines is 1. The highest BCUT2D eigenvalue weighted by atomic mass is 35.5. The first kappa shape index (κ1) is 12.5. The molecule has 0 spiro atoms. The Bertz CT molecular complexity index is 345. The van der Waals surface area contributed by atoms with Crippen LogP contribution in [-0.4, -0.2) is 25.6 Å². The zero-order valence-corrected chi connectivity index (χ0v) is 10.8. The van der Waals surface area contributed by atoms with Crippen molar-refractivity contribution in [3.8, 4) is 0 Å². The number of rotatable bonds is 3. The van der Waals surface area contributed by atoms with Crippen LogP contribution in [0.4, 0.5) is 5.69 Å². The Balaban J connectivity index is 2.94. The van der Waals surface area contributed by atoms with E-state index in [0.717, 1.165) is 16.1 Å². The fourth-order valence-electron chi connectivity index (χ4n) is 1.43. The monoisotopic (exact) mass is 247 g/mol. The molecule has 1 aromatic heterocycles. The van der Waals surface area contributed by atoms with Crippen molar-refractivity contribution >= 4 is 34.5 Å². The van der Waals surface area contributed by atoms with Crippen LogP contribution >= 0.6 is 22.9 Å². The summed E-state index contributed by atoms with van der Waals surface area (Å²) in [7, 11) is 3.12. The van der Waals surface area contributed by atoms with Gasteiger partial charge >= 0.3 is 0 Å². The summed E-state index contributed by atoms with van der Waals surface area (Å²) in [6, 6.07) is 0. The third-order valence-electron chi connectivity index (χ3n) is 2.19. The second kappa shape index (κ2) is 4.96. The van der Waals surface area contributed by atoms with E-state index in [0.29, 0.717) is 0 Å². The number of amides is 1. The molecule has 15 heavy (non-hydrogen) atoms. The normalized spacial score (nSPS) is 12.6. The fourth-order valence-corrected chi connectivity index (χ4v) is 2.45. The lowest BCUT2D eigenvalue weighted by molar-refractivity contribution is -0.123. The molecule has 0 aliphatic rings. The first-order valence-corrected chi connectivity index (χ1v) is 5.79. The molecule has 0 fully saturated rings. The van der Waals surface area contributed by atoms with Gasteiger partial charge in [0.2, 0.25) is 5.56 Å². The second-order valence-corrected chi connectivity index (χ2v) is 4.75. The predicted molar refractivity (Wildman–Crippen MR) is 63.9 cm³/mol. The van der Waals surface area contributed by atoms with Crippen molar-refractivity contribution in [1.82, 2.24) is 0 Å². The molecular weight excluding hydrogens is 234 g/mol. The van der Waals surface area contributed by atoms with Crippen LogP contribution in [0.25, 0.3) is 0 Å². The van der Waals surface area contributed by atoms with E-state index in [1.807, 2.05) is 19.2 Å². The summed E-state index contributed by atoms with van der Waals surface area (Å²) in [5, 5.41) is 2.02. The van der Waals surface area contributed by atoms with Crippen LogP contribution in [-0.2, 0) is 9.53 Å². The minimum absolute atomic E-state index is 0.247. The Morgan fingerprint density at radius 1 is 1.60 bits per heavy atom. The second-order valence-electron chi connectivity index (χ2n) is 3.27. The van der Waals surface area contributed by atoms with Crippen LogP contribution in [0.1, 0.15) is 10.4 Å². The maximum absolute atomic E-state index is 11.8. The van der Waals surface area contributed by atoms with Crippen LogP contribution in [0.3, 0.4) is 0 Å². The summed E-state index contributed by atoms with van der Waals surface area (Å²) in [6.45, 7) is 3.95. The quantitative estimate of drug-likeness (QED) is 0.769. The van der Waals surface area contributed by atoms with Gasteiger partial charge in [0.1, 0.15) is 0 Å². The highest BCUT2D eigenvalue weighted by Crippen LogP contribution is 2.30. The molecule has 3 nitrogen and oxygen atoms in total. The lowest BCUT2D eigenvalue weighted by atomic mass is 10.2. The average molecular weight is 248 g/mol. The van der Waals surface area contributed by atoms with Gasteiger partial charge in [-0.15, -0.1) is 11.3 Å². The molecule has 1 atom stereocenters. The van der Waals surface area contributed by atoms with Gasteiger partial charge in [0.25, 0.3) is 5.91 Å². The average Bonchev–Trinajstić information content (AvgIpc) is 2.55. The Morgan fingerprint density at radius 2 is 2.20 bits per heavy atom. The maximum Gasteiger partial charge on any atom is 0.271 e. The van der Waals surface area contributed by atoms with Gasteiger partial charge in [-0.25, -0.2) is 0 Å². The molecule has 0 saturated heterocycles. The van der Waals surface area contributed by atoms with Gasteiger partial charge in [0, 0.05) is 19.0 Å². The van der Waals surface area contributed by atoms with Crippen molar-refractivity contribution < 1.29 is 9.53 Å². The molecule has 1 heterocycles. The van der Waals surface area contributed by atoms with Gasteiger partial charge in [-0.2, -0.15) is 0 Å². The Labute approximate surface area is 98.6 Å². The number of nitrogens with zero attached hydrogens (tertiary/aromatic N) is 1. The van der Waals surface area contributed by atoms with Crippen molar-refractivity contribution in [2.45, 2.75) is 19.4 Å². The summed E-state index contributed by atoms with van der Waals surface area (Å²) >= 11 is 7.34. The number of hydrogen-bond acceptors (Lipinski definition) is 3.